The normalized spacial score (nSPS) is 20.3. The molecule has 0 bridgehead atoms. The molecule has 1 amide bonds. The van der Waals surface area contributed by atoms with E-state index in [4.69, 9.17) is 11.6 Å². The molecule has 1 aliphatic carbocycles. The van der Waals surface area contributed by atoms with Gasteiger partial charge in [-0.15, -0.1) is 11.3 Å². The van der Waals surface area contributed by atoms with E-state index in [0.29, 0.717) is 29.5 Å². The summed E-state index contributed by atoms with van der Waals surface area (Å²) in [6, 6.07) is 2.29. The predicted octanol–water partition coefficient (Wildman–Crippen LogP) is 2.47. The molecule has 10 heteroatoms. The van der Waals surface area contributed by atoms with Crippen molar-refractivity contribution in [2.75, 3.05) is 11.9 Å². The summed E-state index contributed by atoms with van der Waals surface area (Å²) in [5.41, 5.74) is 1.91. The zero-order valence-corrected chi connectivity index (χ0v) is 16.2. The fourth-order valence-electron chi connectivity index (χ4n) is 3.51. The van der Waals surface area contributed by atoms with Gasteiger partial charge in [-0.05, 0) is 44.2 Å². The third kappa shape index (κ3) is 3.13. The summed E-state index contributed by atoms with van der Waals surface area (Å²) >= 11 is 6.87. The van der Waals surface area contributed by atoms with Crippen molar-refractivity contribution in [3.63, 3.8) is 0 Å². The third-order valence-corrected chi connectivity index (χ3v) is 8.34. The maximum atomic E-state index is 12.9. The molecule has 1 unspecified atom stereocenters. The van der Waals surface area contributed by atoms with Crippen LogP contribution in [0, 0.1) is 0 Å². The minimum Gasteiger partial charge on any atom is -0.309 e. The van der Waals surface area contributed by atoms with Crippen LogP contribution in [0.5, 0.6) is 0 Å². The second-order valence-electron chi connectivity index (χ2n) is 6.32. The topological polar surface area (TPSA) is 92.3 Å². The van der Waals surface area contributed by atoms with E-state index in [-0.39, 0.29) is 10.1 Å². The van der Waals surface area contributed by atoms with Gasteiger partial charge in [0, 0.05) is 17.8 Å². The minimum atomic E-state index is -3.74. The molecular weight excluding hydrogens is 396 g/mol. The number of nitrogens with one attached hydrogen (secondary N) is 1. The Bertz CT molecular complexity index is 960. The lowest BCUT2D eigenvalue weighted by atomic mass is 10.2. The van der Waals surface area contributed by atoms with Gasteiger partial charge in [-0.1, -0.05) is 11.6 Å². The van der Waals surface area contributed by atoms with Crippen LogP contribution in [0.2, 0.25) is 4.34 Å². The van der Waals surface area contributed by atoms with Crippen LogP contribution in [0.15, 0.2) is 22.7 Å². The minimum absolute atomic E-state index is 0.158. The van der Waals surface area contributed by atoms with Gasteiger partial charge in [0.25, 0.3) is 10.0 Å². The SMILES string of the molecule is O=C(Nc1ncnc2c1CCC2)C1CCCN1S(=O)(=O)c1ccc(Cl)s1. The van der Waals surface area contributed by atoms with Gasteiger partial charge >= 0.3 is 0 Å². The molecule has 1 N–H and O–H groups in total. The van der Waals surface area contributed by atoms with Crippen molar-refractivity contribution >= 4 is 44.7 Å². The number of sulfonamides is 1. The molecule has 2 aromatic rings. The van der Waals surface area contributed by atoms with E-state index in [9.17, 15) is 13.2 Å². The highest BCUT2D eigenvalue weighted by atomic mass is 35.5. The molecular formula is C16H17ClN4O3S2. The average molecular weight is 413 g/mol. The number of anilines is 1. The van der Waals surface area contributed by atoms with Crippen LogP contribution in [0.1, 0.15) is 30.5 Å². The van der Waals surface area contributed by atoms with Gasteiger partial charge in [-0.2, -0.15) is 4.31 Å². The lowest BCUT2D eigenvalue weighted by Crippen LogP contribution is -2.43. The number of hydrogen-bond donors (Lipinski definition) is 1. The standard InChI is InChI=1S/C16H17ClN4O3S2/c17-13-6-7-14(25-13)26(23,24)21-8-2-5-12(21)16(22)20-15-10-3-1-4-11(10)18-9-19-15/h6-7,9,12H,1-5,8H2,(H,18,19,20,22). The largest absolute Gasteiger partial charge is 0.309 e. The molecule has 7 nitrogen and oxygen atoms in total. The van der Waals surface area contributed by atoms with Gasteiger partial charge in [-0.25, -0.2) is 18.4 Å². The van der Waals surface area contributed by atoms with Crippen molar-refractivity contribution in [3.05, 3.63) is 34.1 Å². The van der Waals surface area contributed by atoms with Crippen molar-refractivity contribution in [1.82, 2.24) is 14.3 Å². The highest BCUT2D eigenvalue weighted by Crippen LogP contribution is 2.33. The molecule has 138 valence electrons. The van der Waals surface area contributed by atoms with Crippen LogP contribution >= 0.6 is 22.9 Å². The monoisotopic (exact) mass is 412 g/mol. The quantitative estimate of drug-likeness (QED) is 0.832. The number of nitrogens with zero attached hydrogens (tertiary/aromatic N) is 3. The van der Waals surface area contributed by atoms with Crippen molar-refractivity contribution in [2.24, 2.45) is 0 Å². The maximum absolute atomic E-state index is 12.9. The molecule has 1 atom stereocenters. The van der Waals surface area contributed by atoms with Crippen LogP contribution in [0.25, 0.3) is 0 Å². The number of carbonyl (C=O) groups is 1. The molecule has 4 rings (SSSR count). The molecule has 2 aliphatic rings. The van der Waals surface area contributed by atoms with Crippen molar-refractivity contribution in [3.8, 4) is 0 Å². The molecule has 1 fully saturated rings. The summed E-state index contributed by atoms with van der Waals surface area (Å²) in [6.07, 6.45) is 5.25. The molecule has 3 heterocycles. The summed E-state index contributed by atoms with van der Waals surface area (Å²) in [7, 11) is -3.74. The predicted molar refractivity (Wildman–Crippen MR) is 98.9 cm³/mol. The zero-order chi connectivity index (χ0) is 18.3. The second-order valence-corrected chi connectivity index (χ2v) is 10.2. The highest BCUT2D eigenvalue weighted by Gasteiger charge is 2.40. The lowest BCUT2D eigenvalue weighted by Gasteiger charge is -2.22. The van der Waals surface area contributed by atoms with E-state index in [1.807, 2.05) is 0 Å². The summed E-state index contributed by atoms with van der Waals surface area (Å²) in [5.74, 6) is 0.155. The van der Waals surface area contributed by atoms with Crippen molar-refractivity contribution in [1.29, 1.82) is 0 Å². The molecule has 2 aromatic heterocycles. The first kappa shape index (κ1) is 17.8. The molecule has 0 radical (unpaired) electrons. The second kappa shape index (κ2) is 6.88. The Hall–Kier alpha value is -1.55. The number of halogens is 1. The number of aryl methyl sites for hydroxylation is 1. The van der Waals surface area contributed by atoms with Crippen molar-refractivity contribution in [2.45, 2.75) is 42.4 Å². The molecule has 0 aromatic carbocycles. The summed E-state index contributed by atoms with van der Waals surface area (Å²) < 4.78 is 27.6. The summed E-state index contributed by atoms with van der Waals surface area (Å²) in [4.78, 5) is 21.2. The number of fused-ring (bicyclic) bond motifs is 1. The number of hydrogen-bond acceptors (Lipinski definition) is 6. The van der Waals surface area contributed by atoms with E-state index < -0.39 is 16.1 Å². The Balaban J connectivity index is 1.57. The first-order chi connectivity index (χ1) is 12.5. The van der Waals surface area contributed by atoms with Gasteiger partial charge in [-0.3, -0.25) is 4.79 Å². The number of rotatable bonds is 4. The van der Waals surface area contributed by atoms with Gasteiger partial charge in [0.05, 0.1) is 4.34 Å². The molecule has 0 saturated carbocycles. The third-order valence-electron chi connectivity index (χ3n) is 4.73. The van der Waals surface area contributed by atoms with Gasteiger partial charge in [0.15, 0.2) is 0 Å². The highest BCUT2D eigenvalue weighted by molar-refractivity contribution is 7.91. The summed E-state index contributed by atoms with van der Waals surface area (Å²) in [6.45, 7) is 0.317. The Morgan fingerprint density at radius 3 is 2.88 bits per heavy atom. The lowest BCUT2D eigenvalue weighted by molar-refractivity contribution is -0.119. The number of carbonyl (C=O) groups excluding carboxylic acids is 1. The van der Waals surface area contributed by atoms with Gasteiger partial charge in [0.2, 0.25) is 5.91 Å². The van der Waals surface area contributed by atoms with Crippen LogP contribution < -0.4 is 5.32 Å². The van der Waals surface area contributed by atoms with Crippen LogP contribution in [0.3, 0.4) is 0 Å². The summed E-state index contributed by atoms with van der Waals surface area (Å²) in [5, 5.41) is 2.82. The Morgan fingerprint density at radius 2 is 2.12 bits per heavy atom. The van der Waals surface area contributed by atoms with Gasteiger partial charge in [0.1, 0.15) is 22.4 Å². The van der Waals surface area contributed by atoms with Crippen LogP contribution in [0.4, 0.5) is 5.82 Å². The number of amides is 1. The van der Waals surface area contributed by atoms with Crippen molar-refractivity contribution < 1.29 is 13.2 Å². The first-order valence-corrected chi connectivity index (χ1v) is 11.0. The first-order valence-electron chi connectivity index (χ1n) is 8.37. The van der Waals surface area contributed by atoms with Crippen LogP contribution in [-0.4, -0.2) is 41.2 Å². The van der Waals surface area contributed by atoms with E-state index in [1.165, 1.54) is 16.7 Å². The van der Waals surface area contributed by atoms with Gasteiger partial charge < -0.3 is 5.32 Å². The van der Waals surface area contributed by atoms with E-state index in [0.717, 1.165) is 41.9 Å². The van der Waals surface area contributed by atoms with E-state index >= 15 is 0 Å². The fourth-order valence-corrected chi connectivity index (χ4v) is 6.78. The Kier molecular flexibility index (Phi) is 4.72. The number of thiophene rings is 1. The Morgan fingerprint density at radius 1 is 1.27 bits per heavy atom. The van der Waals surface area contributed by atoms with Crippen LogP contribution in [-0.2, 0) is 27.7 Å². The molecule has 26 heavy (non-hydrogen) atoms. The zero-order valence-electron chi connectivity index (χ0n) is 13.8. The molecule has 1 saturated heterocycles. The molecule has 0 spiro atoms. The maximum Gasteiger partial charge on any atom is 0.253 e. The molecule has 1 aliphatic heterocycles. The fraction of sp³-hybridized carbons (Fsp3) is 0.438. The average Bonchev–Trinajstić information content (AvgIpc) is 3.35. The smallest absolute Gasteiger partial charge is 0.253 e. The number of aromatic nitrogens is 2. The Labute approximate surface area is 160 Å². The van der Waals surface area contributed by atoms with E-state index in [1.54, 1.807) is 6.07 Å². The van der Waals surface area contributed by atoms with E-state index in [2.05, 4.69) is 15.3 Å².